The highest BCUT2D eigenvalue weighted by atomic mass is 16.6. The molecule has 3 N–H and O–H groups in total. The second-order valence-electron chi connectivity index (χ2n) is 20.8. The molecule has 4 aliphatic carbocycles. The van der Waals surface area contributed by atoms with Crippen molar-refractivity contribution >= 4 is 30.1 Å². The fraction of sp³-hybridized carbons (Fsp3) is 0.554. The first-order valence-electron chi connectivity index (χ1n) is 27.0. The van der Waals surface area contributed by atoms with Gasteiger partial charge < -0.3 is 39.1 Å². The summed E-state index contributed by atoms with van der Waals surface area (Å²) in [7, 11) is 0. The van der Waals surface area contributed by atoms with Crippen molar-refractivity contribution in [3.63, 3.8) is 0 Å². The molecule has 3 aliphatic heterocycles. The zero-order valence-electron chi connectivity index (χ0n) is 45.0. The number of carbonyl (C=O) groups excluding carboxylic acids is 5. The minimum Gasteiger partial charge on any atom is -0.454 e. The molecule has 7 aliphatic rings. The Hall–Kier alpha value is -6.25. The van der Waals surface area contributed by atoms with Gasteiger partial charge in [0.25, 0.3) is 0 Å². The number of nitrogens with one attached hydrogen (secondary N) is 3. The SMILES string of the molecule is C.C.C.C.C=C1C(=O)OC2/C=C(\C)CC/C=C(/COC(=O)NCc3ccccc3)CCC12.C=C1C(=O)OC2/C=C(\C)CC/C=C(/COC(C)NC3CC3)CCC12.C=C1C(=O)O[C@@H]2/C=C(\C)CC/C=C(/COC(=O)NCC)CC[C@@H]12. The van der Waals surface area contributed by atoms with Gasteiger partial charge in [-0.25, -0.2) is 24.0 Å². The Morgan fingerprint density at radius 1 is 0.570 bits per heavy atom. The average molecular weight is 1100 g/mol. The maximum atomic E-state index is 12.0. The summed E-state index contributed by atoms with van der Waals surface area (Å²) < 4.78 is 33.0. The Morgan fingerprint density at radius 3 is 1.33 bits per heavy atom. The fourth-order valence-electron chi connectivity index (χ4n) is 9.88. The Bertz CT molecular complexity index is 2420. The van der Waals surface area contributed by atoms with E-state index in [1.807, 2.05) is 56.3 Å². The number of rotatable bonds is 12. The van der Waals surface area contributed by atoms with Gasteiger partial charge in [-0.05, 0) is 165 Å². The molecular weight excluding hydrogens is 999 g/mol. The van der Waals surface area contributed by atoms with Gasteiger partial charge in [-0.15, -0.1) is 0 Å². The molecule has 4 fully saturated rings. The van der Waals surface area contributed by atoms with Crippen LogP contribution in [0.15, 0.2) is 137 Å². The Morgan fingerprint density at radius 2 is 0.949 bits per heavy atom. The molecule has 2 amide bonds. The van der Waals surface area contributed by atoms with Crippen LogP contribution in [-0.2, 0) is 49.3 Å². The Balaban J connectivity index is 0.000000397. The minimum absolute atomic E-state index is 0. The normalized spacial score (nSPS) is 28.1. The summed E-state index contributed by atoms with van der Waals surface area (Å²) >= 11 is 0. The topological polar surface area (TPSA) is 177 Å². The van der Waals surface area contributed by atoms with Crippen LogP contribution in [0.2, 0.25) is 0 Å². The summed E-state index contributed by atoms with van der Waals surface area (Å²) in [6, 6.07) is 10.4. The number of ether oxygens (including phenoxy) is 6. The van der Waals surface area contributed by atoms with Gasteiger partial charge in [-0.1, -0.05) is 115 Å². The number of hydrogen-bond acceptors (Lipinski definition) is 12. The van der Waals surface area contributed by atoms with Crippen molar-refractivity contribution in [2.75, 3.05) is 26.4 Å². The summed E-state index contributed by atoms with van der Waals surface area (Å²) in [6.45, 7) is 24.0. The highest BCUT2D eigenvalue weighted by molar-refractivity contribution is 5.92. The lowest BCUT2D eigenvalue weighted by atomic mass is 9.88. The molecule has 8 rings (SSSR count). The first-order valence-corrected chi connectivity index (χ1v) is 27.0. The molecule has 7 atom stereocenters. The van der Waals surface area contributed by atoms with Crippen LogP contribution in [0.3, 0.4) is 0 Å². The highest BCUT2D eigenvalue weighted by Gasteiger charge is 2.39. The zero-order valence-corrected chi connectivity index (χ0v) is 45.0. The van der Waals surface area contributed by atoms with E-state index in [4.69, 9.17) is 28.4 Å². The molecule has 0 bridgehead atoms. The fourth-order valence-corrected chi connectivity index (χ4v) is 9.88. The lowest BCUT2D eigenvalue weighted by molar-refractivity contribution is -0.138. The van der Waals surface area contributed by atoms with E-state index >= 15 is 0 Å². The third kappa shape index (κ3) is 22.4. The molecule has 0 radical (unpaired) electrons. The molecule has 438 valence electrons. The number of allylic oxidation sites excluding steroid dienone is 6. The molecule has 5 unspecified atom stereocenters. The second kappa shape index (κ2) is 34.7. The summed E-state index contributed by atoms with van der Waals surface area (Å²) in [4.78, 5) is 59.0. The number of carbonyl (C=O) groups is 5. The molecule has 14 heteroatoms. The number of hydrogen-bond donors (Lipinski definition) is 3. The predicted molar refractivity (Wildman–Crippen MR) is 317 cm³/mol. The number of benzene rings is 1. The summed E-state index contributed by atoms with van der Waals surface area (Å²) in [5.74, 6) is -0.764. The molecule has 3 saturated heterocycles. The maximum absolute atomic E-state index is 12.0. The third-order valence-electron chi connectivity index (χ3n) is 14.6. The van der Waals surface area contributed by atoms with Crippen LogP contribution in [0.5, 0.6) is 0 Å². The van der Waals surface area contributed by atoms with Gasteiger partial charge in [0.2, 0.25) is 0 Å². The Kier molecular flexibility index (Phi) is 30.2. The number of fused-ring (bicyclic) bond motifs is 3. The van der Waals surface area contributed by atoms with Crippen molar-refractivity contribution in [3.05, 3.63) is 142 Å². The van der Waals surface area contributed by atoms with Gasteiger partial charge in [0.15, 0.2) is 0 Å². The lowest BCUT2D eigenvalue weighted by Crippen LogP contribution is -2.31. The van der Waals surface area contributed by atoms with E-state index in [2.05, 4.69) is 80.8 Å². The lowest BCUT2D eigenvalue weighted by Gasteiger charge is -2.20. The van der Waals surface area contributed by atoms with E-state index in [0.29, 0.717) is 42.5 Å². The van der Waals surface area contributed by atoms with Crippen molar-refractivity contribution in [1.29, 1.82) is 0 Å². The molecule has 0 aromatic heterocycles. The summed E-state index contributed by atoms with van der Waals surface area (Å²) in [5.41, 5.74) is 9.85. The van der Waals surface area contributed by atoms with Crippen LogP contribution in [0, 0.1) is 17.8 Å². The van der Waals surface area contributed by atoms with E-state index < -0.39 is 12.2 Å². The van der Waals surface area contributed by atoms with E-state index in [9.17, 15) is 24.0 Å². The standard InChI is InChI=1S/C23H27NO4.C20H29NO3.C18H25NO4.4CH4/c1-16-7-6-10-19(11-12-20-17(2)22(25)28-21(20)13-16)15-27-23(26)24-14-18-8-4-3-5-9-18;1-13-5-4-6-16(12-23-15(3)21-17-8-9-17)7-10-18-14(2)20(22)24-19(18)11-13;1-4-19-18(21)22-11-14-7-5-6-12(2)10-16-15(9-8-14)13(3)17(20)23-16;;;;/h3-5,8-10,13,20-21H,2,6-7,11-12,14-15H2,1H3,(H,24,26);6,11,15,17-19,21H,2,4-5,7-10,12H2,1,3H3;7,10,15-16H,3-6,8-9,11H2,1-2H3,(H,19,21);4*1H4/b16-13+,19-10+;13-11+,16-6+;12-10+,14-7+;;;;/t;;15-,16+;;;;/m..0..../s1. The quantitative estimate of drug-likeness (QED) is 0.0594. The largest absolute Gasteiger partial charge is 0.454 e. The van der Waals surface area contributed by atoms with Gasteiger partial charge in [0, 0.05) is 53.6 Å². The van der Waals surface area contributed by atoms with Crippen LogP contribution in [0.25, 0.3) is 0 Å². The zero-order chi connectivity index (χ0) is 53.9. The molecule has 1 aromatic carbocycles. The number of alkyl carbamates (subject to hydrolysis) is 2. The van der Waals surface area contributed by atoms with Crippen LogP contribution in [0.1, 0.15) is 160 Å². The molecule has 14 nitrogen and oxygen atoms in total. The monoisotopic (exact) mass is 1100 g/mol. The third-order valence-corrected chi connectivity index (χ3v) is 14.6. The first kappa shape index (κ1) is 68.9. The van der Waals surface area contributed by atoms with Crippen molar-refractivity contribution in [3.8, 4) is 0 Å². The molecule has 0 spiro atoms. The average Bonchev–Trinajstić information content (AvgIpc) is 4.04. The summed E-state index contributed by atoms with van der Waals surface area (Å²) in [5, 5.41) is 8.85. The summed E-state index contributed by atoms with van der Waals surface area (Å²) in [6.07, 6.45) is 24.4. The van der Waals surface area contributed by atoms with Crippen LogP contribution < -0.4 is 16.0 Å². The van der Waals surface area contributed by atoms with Crippen LogP contribution in [0.4, 0.5) is 9.59 Å². The van der Waals surface area contributed by atoms with Gasteiger partial charge in [-0.3, -0.25) is 5.32 Å². The molecule has 1 aromatic rings. The molecule has 79 heavy (non-hydrogen) atoms. The smallest absolute Gasteiger partial charge is 0.407 e. The van der Waals surface area contributed by atoms with Gasteiger partial charge >= 0.3 is 30.1 Å². The van der Waals surface area contributed by atoms with Crippen molar-refractivity contribution < 1.29 is 52.4 Å². The molecule has 1 saturated carbocycles. The van der Waals surface area contributed by atoms with Crippen molar-refractivity contribution in [2.24, 2.45) is 17.8 Å². The van der Waals surface area contributed by atoms with E-state index in [1.165, 1.54) is 35.1 Å². The predicted octanol–water partition coefficient (Wildman–Crippen LogP) is 13.9. The second-order valence-corrected chi connectivity index (χ2v) is 20.8. The molecular formula is C65H97N3O11. The van der Waals surface area contributed by atoms with E-state index in [-0.39, 0.29) is 103 Å². The maximum Gasteiger partial charge on any atom is 0.407 e. The Labute approximate surface area is 474 Å². The van der Waals surface area contributed by atoms with Gasteiger partial charge in [-0.2, -0.15) is 0 Å². The van der Waals surface area contributed by atoms with Crippen molar-refractivity contribution in [2.45, 2.75) is 191 Å². The first-order chi connectivity index (χ1) is 36.1. The number of esters is 3. The van der Waals surface area contributed by atoms with Crippen molar-refractivity contribution in [1.82, 2.24) is 16.0 Å². The molecule has 3 heterocycles. The highest BCUT2D eigenvalue weighted by Crippen LogP contribution is 2.37. The van der Waals surface area contributed by atoms with Gasteiger partial charge in [0.05, 0.1) is 6.61 Å². The number of amides is 2. The van der Waals surface area contributed by atoms with E-state index in [1.54, 1.807) is 0 Å². The minimum atomic E-state index is -0.431. The van der Waals surface area contributed by atoms with Crippen LogP contribution in [-0.4, -0.2) is 87.0 Å². The van der Waals surface area contributed by atoms with E-state index in [0.717, 1.165) is 93.8 Å². The van der Waals surface area contributed by atoms with Crippen LogP contribution >= 0.6 is 0 Å². The van der Waals surface area contributed by atoms with Gasteiger partial charge in [0.1, 0.15) is 37.8 Å².